The number of nitrogens with zero attached hydrogens (tertiary/aromatic N) is 1. The highest BCUT2D eigenvalue weighted by Crippen LogP contribution is 2.17. The summed E-state index contributed by atoms with van der Waals surface area (Å²) in [6.45, 7) is 0. The van der Waals surface area contributed by atoms with Crippen molar-refractivity contribution in [2.75, 3.05) is 0 Å². The number of hydrogen-bond donors (Lipinski definition) is 0. The third-order valence-corrected chi connectivity index (χ3v) is 5.60. The first-order valence-corrected chi connectivity index (χ1v) is 10.6. The summed E-state index contributed by atoms with van der Waals surface area (Å²) in [5.74, 6) is 0. The van der Waals surface area contributed by atoms with Gasteiger partial charge in [0.1, 0.15) is 4.90 Å². The maximum absolute atomic E-state index is 12.2. The highest BCUT2D eigenvalue weighted by molar-refractivity contribution is 7.86. The van der Waals surface area contributed by atoms with Crippen molar-refractivity contribution >= 4 is 15.8 Å². The Labute approximate surface area is 146 Å². The summed E-state index contributed by atoms with van der Waals surface area (Å²) in [6, 6.07) is 8.20. The second-order valence-corrected chi connectivity index (χ2v) is 8.06. The van der Waals surface area contributed by atoms with Crippen LogP contribution in [0.5, 0.6) is 0 Å². The average Bonchev–Trinajstić information content (AvgIpc) is 2.62. The van der Waals surface area contributed by atoms with Crippen molar-refractivity contribution in [3.8, 4) is 0 Å². The average molecular weight is 352 g/mol. The fourth-order valence-electron chi connectivity index (χ4n) is 3.02. The second-order valence-electron chi connectivity index (χ2n) is 6.53. The molecule has 1 saturated carbocycles. The maximum Gasteiger partial charge on any atom is 0.358 e. The molecule has 0 heterocycles. The second kappa shape index (κ2) is 10.5. The Morgan fingerprint density at radius 1 is 0.708 bits per heavy atom. The zero-order valence-corrected chi connectivity index (χ0v) is 15.3. The molecule has 5 heteroatoms. The van der Waals surface area contributed by atoms with E-state index in [1.165, 1.54) is 63.5 Å². The lowest BCUT2D eigenvalue weighted by Crippen LogP contribution is -2.06. The van der Waals surface area contributed by atoms with Crippen LogP contribution in [0, 0.1) is 0 Å². The van der Waals surface area contributed by atoms with Crippen molar-refractivity contribution in [3.63, 3.8) is 0 Å². The van der Waals surface area contributed by atoms with Gasteiger partial charge >= 0.3 is 10.1 Å². The molecule has 0 N–H and O–H groups in total. The van der Waals surface area contributed by atoms with Crippen LogP contribution in [-0.2, 0) is 14.4 Å². The van der Waals surface area contributed by atoms with Gasteiger partial charge in [0, 0.05) is 0 Å². The zero-order valence-electron chi connectivity index (χ0n) is 14.5. The fourth-order valence-corrected chi connectivity index (χ4v) is 3.80. The van der Waals surface area contributed by atoms with Crippen LogP contribution in [0.2, 0.25) is 0 Å². The topological polar surface area (TPSA) is 55.7 Å². The molecule has 0 radical (unpaired) electrons. The van der Waals surface area contributed by atoms with Gasteiger partial charge in [-0.3, -0.25) is 4.28 Å². The van der Waals surface area contributed by atoms with Gasteiger partial charge in [0.2, 0.25) is 0 Å². The summed E-state index contributed by atoms with van der Waals surface area (Å²) in [4.78, 5) is 0.152. The van der Waals surface area contributed by atoms with Gasteiger partial charge in [-0.2, -0.15) is 8.42 Å². The molecule has 0 bridgehead atoms. The predicted octanol–water partition coefficient (Wildman–Crippen LogP) is 5.44. The first kappa shape index (κ1) is 19.0. The van der Waals surface area contributed by atoms with Crippen LogP contribution < -0.4 is 0 Å². The number of benzene rings is 1. The molecule has 0 aromatic heterocycles. The summed E-state index contributed by atoms with van der Waals surface area (Å²) in [5, 5.41) is 4.01. The third-order valence-electron chi connectivity index (χ3n) is 4.48. The molecule has 1 fully saturated rings. The molecule has 1 aliphatic carbocycles. The van der Waals surface area contributed by atoms with Gasteiger partial charge in [-0.25, -0.2) is 0 Å². The highest BCUT2D eigenvalue weighted by Gasteiger charge is 2.15. The minimum absolute atomic E-state index is 0.152. The Morgan fingerprint density at radius 2 is 1.17 bits per heavy atom. The standard InChI is InChI=1S/C19H29NO3S/c21-24(22,19-16-12-9-13-17-19)23-20-18-14-10-7-5-3-1-2-4-6-8-11-15-18/h9,12-13,16-17H,1-8,10-11,14-15H2. The number of hydrogen-bond acceptors (Lipinski definition) is 4. The van der Waals surface area contributed by atoms with Crippen LogP contribution in [0.1, 0.15) is 77.0 Å². The van der Waals surface area contributed by atoms with E-state index in [0.717, 1.165) is 31.4 Å². The summed E-state index contributed by atoms with van der Waals surface area (Å²) in [7, 11) is -3.80. The summed E-state index contributed by atoms with van der Waals surface area (Å²) >= 11 is 0. The molecule has 24 heavy (non-hydrogen) atoms. The van der Waals surface area contributed by atoms with Crippen molar-refractivity contribution in [2.45, 2.75) is 81.9 Å². The Hall–Kier alpha value is -1.36. The van der Waals surface area contributed by atoms with Gasteiger partial charge in [0.05, 0.1) is 5.71 Å². The Morgan fingerprint density at radius 3 is 1.67 bits per heavy atom. The molecule has 1 aromatic carbocycles. The molecule has 0 saturated heterocycles. The van der Waals surface area contributed by atoms with Crippen molar-refractivity contribution in [3.05, 3.63) is 30.3 Å². The van der Waals surface area contributed by atoms with Crippen molar-refractivity contribution in [1.29, 1.82) is 0 Å². The van der Waals surface area contributed by atoms with E-state index in [-0.39, 0.29) is 4.90 Å². The lowest BCUT2D eigenvalue weighted by atomic mass is 10.0. The lowest BCUT2D eigenvalue weighted by molar-refractivity contribution is 0.335. The van der Waals surface area contributed by atoms with E-state index in [4.69, 9.17) is 4.28 Å². The Bertz CT molecular complexity index is 580. The van der Waals surface area contributed by atoms with Crippen LogP contribution in [0.25, 0.3) is 0 Å². The molecule has 0 atom stereocenters. The van der Waals surface area contributed by atoms with E-state index in [9.17, 15) is 8.42 Å². The van der Waals surface area contributed by atoms with E-state index in [1.54, 1.807) is 18.2 Å². The van der Waals surface area contributed by atoms with Gasteiger partial charge in [-0.1, -0.05) is 74.7 Å². The van der Waals surface area contributed by atoms with Gasteiger partial charge in [0.15, 0.2) is 0 Å². The van der Waals surface area contributed by atoms with E-state index < -0.39 is 10.1 Å². The molecule has 0 aliphatic heterocycles. The summed E-state index contributed by atoms with van der Waals surface area (Å²) in [6.07, 6.45) is 14.0. The van der Waals surface area contributed by atoms with Crippen molar-refractivity contribution in [2.24, 2.45) is 5.16 Å². The van der Waals surface area contributed by atoms with Crippen LogP contribution >= 0.6 is 0 Å². The molecule has 0 amide bonds. The monoisotopic (exact) mass is 351 g/mol. The molecular weight excluding hydrogens is 322 g/mol. The Kier molecular flexibility index (Phi) is 8.29. The summed E-state index contributed by atoms with van der Waals surface area (Å²) in [5.41, 5.74) is 0.883. The van der Waals surface area contributed by atoms with E-state index in [2.05, 4.69) is 5.16 Å². The normalized spacial score (nSPS) is 18.8. The molecule has 0 unspecified atom stereocenters. The molecule has 1 aromatic rings. The molecular formula is C19H29NO3S. The molecule has 2 rings (SSSR count). The smallest absolute Gasteiger partial charge is 0.265 e. The van der Waals surface area contributed by atoms with Gasteiger partial charge in [-0.05, 0) is 37.8 Å². The lowest BCUT2D eigenvalue weighted by Gasteiger charge is -2.07. The Balaban J connectivity index is 1.95. The minimum atomic E-state index is -3.80. The van der Waals surface area contributed by atoms with Gasteiger partial charge in [0.25, 0.3) is 0 Å². The van der Waals surface area contributed by atoms with Gasteiger partial charge in [-0.15, -0.1) is 0 Å². The van der Waals surface area contributed by atoms with Crippen LogP contribution in [0.3, 0.4) is 0 Å². The molecule has 0 spiro atoms. The minimum Gasteiger partial charge on any atom is -0.265 e. The molecule has 4 nitrogen and oxygen atoms in total. The molecule has 134 valence electrons. The van der Waals surface area contributed by atoms with E-state index in [1.807, 2.05) is 0 Å². The SMILES string of the molecule is O=S(=O)(ON=C1CCCCCCCCCCCC1)c1ccccc1. The maximum atomic E-state index is 12.2. The quantitative estimate of drug-likeness (QED) is 0.681. The number of oxime groups is 1. The zero-order chi connectivity index (χ0) is 17.1. The predicted molar refractivity (Wildman–Crippen MR) is 97.6 cm³/mol. The van der Waals surface area contributed by atoms with Crippen LogP contribution in [0.15, 0.2) is 40.4 Å². The van der Waals surface area contributed by atoms with E-state index >= 15 is 0 Å². The van der Waals surface area contributed by atoms with Crippen molar-refractivity contribution in [1.82, 2.24) is 0 Å². The summed E-state index contributed by atoms with van der Waals surface area (Å²) < 4.78 is 29.3. The van der Waals surface area contributed by atoms with Crippen LogP contribution in [-0.4, -0.2) is 14.1 Å². The largest absolute Gasteiger partial charge is 0.358 e. The van der Waals surface area contributed by atoms with Gasteiger partial charge < -0.3 is 0 Å². The van der Waals surface area contributed by atoms with Crippen LogP contribution in [0.4, 0.5) is 0 Å². The highest BCUT2D eigenvalue weighted by atomic mass is 32.2. The first-order chi connectivity index (χ1) is 11.7. The first-order valence-electron chi connectivity index (χ1n) is 9.23. The fraction of sp³-hybridized carbons (Fsp3) is 0.632. The number of rotatable bonds is 3. The van der Waals surface area contributed by atoms with Crippen molar-refractivity contribution < 1.29 is 12.7 Å². The molecule has 1 aliphatic rings. The third kappa shape index (κ3) is 7.04. The van der Waals surface area contributed by atoms with E-state index in [0.29, 0.717) is 0 Å².